The van der Waals surface area contributed by atoms with E-state index in [0.717, 1.165) is 5.56 Å². The molecule has 25 heavy (non-hydrogen) atoms. The molecule has 0 bridgehead atoms. The first-order valence-electron chi connectivity index (χ1n) is 7.76. The van der Waals surface area contributed by atoms with Crippen LogP contribution in [0.2, 0.25) is 0 Å². The summed E-state index contributed by atoms with van der Waals surface area (Å²) in [6.45, 7) is 0.0897. The van der Waals surface area contributed by atoms with Gasteiger partial charge >= 0.3 is 7.82 Å². The highest BCUT2D eigenvalue weighted by Gasteiger charge is 2.13. The minimum atomic E-state index is -4.46. The van der Waals surface area contributed by atoms with Gasteiger partial charge in [0.2, 0.25) is 0 Å². The number of hydrogen-bond acceptors (Lipinski definition) is 4. The molecule has 0 saturated carbocycles. The predicted octanol–water partition coefficient (Wildman–Crippen LogP) is 3.27. The van der Waals surface area contributed by atoms with Crippen LogP contribution in [0, 0.1) is 0 Å². The van der Waals surface area contributed by atoms with Gasteiger partial charge in [0.25, 0.3) is 0 Å². The van der Waals surface area contributed by atoms with Gasteiger partial charge in [0.05, 0.1) is 19.8 Å². The summed E-state index contributed by atoms with van der Waals surface area (Å²) in [7, 11) is -4.46. The van der Waals surface area contributed by atoms with E-state index in [1.807, 2.05) is 72.8 Å². The third-order valence-electron chi connectivity index (χ3n) is 3.10. The molecule has 0 aromatic heterocycles. The topological polar surface area (TPSA) is 85.2 Å². The van der Waals surface area contributed by atoms with Crippen molar-refractivity contribution < 1.29 is 28.3 Å². The molecule has 6 nitrogen and oxygen atoms in total. The lowest BCUT2D eigenvalue weighted by atomic mass is 10.2. The smallest absolute Gasteiger partial charge is 0.469 e. The van der Waals surface area contributed by atoms with Crippen molar-refractivity contribution in [2.45, 2.75) is 6.10 Å². The number of hydrogen-bond donors (Lipinski definition) is 2. The van der Waals surface area contributed by atoms with Crippen LogP contribution in [-0.2, 0) is 13.8 Å². The molecule has 0 amide bonds. The Morgan fingerprint density at radius 3 is 2.24 bits per heavy atom. The zero-order valence-electron chi connectivity index (χ0n) is 13.6. The summed E-state index contributed by atoms with van der Waals surface area (Å²) in [4.78, 5) is 17.3. The van der Waals surface area contributed by atoms with E-state index >= 15 is 0 Å². The average Bonchev–Trinajstić information content (AvgIpc) is 2.60. The molecule has 1 atom stereocenters. The van der Waals surface area contributed by atoms with Gasteiger partial charge in [0.1, 0.15) is 11.9 Å². The molecule has 0 saturated heterocycles. The first kappa shape index (κ1) is 19.4. The molecule has 2 N–H and O–H groups in total. The maximum absolute atomic E-state index is 10.6. The lowest BCUT2D eigenvalue weighted by molar-refractivity contribution is 0.0469. The second kappa shape index (κ2) is 10.1. The molecule has 134 valence electrons. The Kier molecular flexibility index (Phi) is 7.85. The zero-order chi connectivity index (χ0) is 18.0. The first-order chi connectivity index (χ1) is 12.0. The van der Waals surface area contributed by atoms with Crippen molar-refractivity contribution in [1.29, 1.82) is 0 Å². The zero-order valence-corrected chi connectivity index (χ0v) is 14.5. The van der Waals surface area contributed by atoms with E-state index in [1.54, 1.807) is 0 Å². The lowest BCUT2D eigenvalue weighted by Crippen LogP contribution is -2.22. The molecule has 0 aliphatic rings. The SMILES string of the molecule is O=P(O)(O)OCCOCC(C=Cc1ccccc1)Oc1ccccc1. The number of ether oxygens (including phenoxy) is 2. The monoisotopic (exact) mass is 364 g/mol. The largest absolute Gasteiger partial charge is 0.484 e. The van der Waals surface area contributed by atoms with Crippen LogP contribution in [0.4, 0.5) is 0 Å². The standard InChI is InChI=1S/C18H21O6P/c19-25(20,21)23-14-13-22-15-18(24-17-9-5-2-6-10-17)12-11-16-7-3-1-4-8-16/h1-12,18H,13-15H2,(H2,19,20,21). The van der Waals surface area contributed by atoms with Crippen molar-refractivity contribution in [1.82, 2.24) is 0 Å². The number of phosphoric acid groups is 1. The summed E-state index contributed by atoms with van der Waals surface area (Å²) in [5.74, 6) is 0.709. The summed E-state index contributed by atoms with van der Waals surface area (Å²) in [6, 6.07) is 19.1. The van der Waals surface area contributed by atoms with Gasteiger partial charge in [-0.3, -0.25) is 4.52 Å². The highest BCUT2D eigenvalue weighted by atomic mass is 31.2. The molecule has 0 spiro atoms. The fraction of sp³-hybridized carbons (Fsp3) is 0.222. The van der Waals surface area contributed by atoms with Crippen LogP contribution < -0.4 is 4.74 Å². The third kappa shape index (κ3) is 8.63. The van der Waals surface area contributed by atoms with Gasteiger partial charge in [-0.15, -0.1) is 0 Å². The molecular weight excluding hydrogens is 343 g/mol. The first-order valence-corrected chi connectivity index (χ1v) is 9.29. The molecule has 0 fully saturated rings. The van der Waals surface area contributed by atoms with E-state index in [9.17, 15) is 4.57 Å². The maximum atomic E-state index is 10.6. The van der Waals surface area contributed by atoms with Crippen molar-refractivity contribution in [2.75, 3.05) is 19.8 Å². The van der Waals surface area contributed by atoms with Crippen molar-refractivity contribution in [3.05, 3.63) is 72.3 Å². The van der Waals surface area contributed by atoms with Crippen molar-refractivity contribution in [3.63, 3.8) is 0 Å². The Bertz CT molecular complexity index is 683. The molecule has 0 heterocycles. The van der Waals surface area contributed by atoms with Crippen LogP contribution in [0.5, 0.6) is 5.75 Å². The maximum Gasteiger partial charge on any atom is 0.469 e. The Labute approximate surface area is 146 Å². The molecule has 2 rings (SSSR count). The Morgan fingerprint density at radius 1 is 0.960 bits per heavy atom. The number of benzene rings is 2. The molecule has 1 unspecified atom stereocenters. The van der Waals surface area contributed by atoms with Gasteiger partial charge in [-0.25, -0.2) is 4.57 Å². The molecule has 0 radical (unpaired) electrons. The lowest BCUT2D eigenvalue weighted by Gasteiger charge is -2.16. The molecule has 2 aromatic carbocycles. The summed E-state index contributed by atoms with van der Waals surface area (Å²) in [5.41, 5.74) is 1.04. The quantitative estimate of drug-likeness (QED) is 0.497. The molecule has 7 heteroatoms. The summed E-state index contributed by atoms with van der Waals surface area (Å²) < 4.78 is 26.2. The van der Waals surface area contributed by atoms with Crippen molar-refractivity contribution in [3.8, 4) is 5.75 Å². The van der Waals surface area contributed by atoms with Crippen LogP contribution in [0.25, 0.3) is 6.08 Å². The minimum Gasteiger partial charge on any atom is -0.484 e. The van der Waals surface area contributed by atoms with Crippen molar-refractivity contribution >= 4 is 13.9 Å². The summed E-state index contributed by atoms with van der Waals surface area (Å²) in [6.07, 6.45) is 3.47. The molecular formula is C18H21O6P. The van der Waals surface area contributed by atoms with Gasteiger partial charge in [0.15, 0.2) is 0 Å². The van der Waals surface area contributed by atoms with Crippen LogP contribution in [-0.4, -0.2) is 35.7 Å². The van der Waals surface area contributed by atoms with Gasteiger partial charge in [-0.1, -0.05) is 54.6 Å². The van der Waals surface area contributed by atoms with E-state index in [-0.39, 0.29) is 25.9 Å². The Morgan fingerprint density at radius 2 is 1.60 bits per heavy atom. The Hall–Kier alpha value is -1.95. The molecule has 0 aliphatic heterocycles. The fourth-order valence-corrected chi connectivity index (χ4v) is 2.31. The predicted molar refractivity (Wildman–Crippen MR) is 95.1 cm³/mol. The number of phosphoric ester groups is 1. The summed E-state index contributed by atoms with van der Waals surface area (Å²) >= 11 is 0. The van der Waals surface area contributed by atoms with Crippen LogP contribution >= 0.6 is 7.82 Å². The second-order valence-electron chi connectivity index (χ2n) is 5.14. The van der Waals surface area contributed by atoms with Gasteiger partial charge < -0.3 is 19.3 Å². The van der Waals surface area contributed by atoms with Gasteiger partial charge in [-0.05, 0) is 23.8 Å². The highest BCUT2D eigenvalue weighted by Crippen LogP contribution is 2.35. The van der Waals surface area contributed by atoms with Crippen LogP contribution in [0.3, 0.4) is 0 Å². The van der Waals surface area contributed by atoms with Gasteiger partial charge in [-0.2, -0.15) is 0 Å². The Balaban J connectivity index is 1.90. The van der Waals surface area contributed by atoms with E-state index in [4.69, 9.17) is 19.3 Å². The second-order valence-corrected chi connectivity index (χ2v) is 6.38. The minimum absolute atomic E-state index is 0.0545. The normalized spacial score (nSPS) is 13.0. The third-order valence-corrected chi connectivity index (χ3v) is 3.62. The summed E-state index contributed by atoms with van der Waals surface area (Å²) in [5, 5.41) is 0. The van der Waals surface area contributed by atoms with Crippen molar-refractivity contribution in [2.24, 2.45) is 0 Å². The molecule has 0 aliphatic carbocycles. The van der Waals surface area contributed by atoms with Gasteiger partial charge in [0, 0.05) is 0 Å². The van der Waals surface area contributed by atoms with E-state index in [0.29, 0.717) is 5.75 Å². The van der Waals surface area contributed by atoms with Crippen LogP contribution in [0.15, 0.2) is 66.7 Å². The van der Waals surface area contributed by atoms with Crippen LogP contribution in [0.1, 0.15) is 5.56 Å². The fourth-order valence-electron chi connectivity index (χ4n) is 2.00. The van der Waals surface area contributed by atoms with E-state index in [2.05, 4.69) is 4.52 Å². The molecule has 2 aromatic rings. The number of para-hydroxylation sites is 1. The number of rotatable bonds is 10. The van der Waals surface area contributed by atoms with E-state index in [1.165, 1.54) is 0 Å². The highest BCUT2D eigenvalue weighted by molar-refractivity contribution is 7.46. The average molecular weight is 364 g/mol. The van der Waals surface area contributed by atoms with E-state index < -0.39 is 7.82 Å².